The van der Waals surface area contributed by atoms with E-state index in [9.17, 15) is 5.11 Å². The molecular formula is C15H20ClN3O. The maximum Gasteiger partial charge on any atom is 0.0848 e. The number of halogens is 1. The van der Waals surface area contributed by atoms with E-state index < -0.39 is 6.10 Å². The average Bonchev–Trinajstić information content (AvgIpc) is 2.74. The molecular weight excluding hydrogens is 274 g/mol. The molecule has 2 aromatic rings. The Morgan fingerprint density at radius 3 is 2.90 bits per heavy atom. The summed E-state index contributed by atoms with van der Waals surface area (Å²) in [7, 11) is 0. The molecule has 2 heterocycles. The van der Waals surface area contributed by atoms with E-state index in [0.717, 1.165) is 29.9 Å². The summed E-state index contributed by atoms with van der Waals surface area (Å²) in [6.45, 7) is 4.67. The number of aryl methyl sites for hydroxylation is 3. The van der Waals surface area contributed by atoms with Crippen molar-refractivity contribution in [3.05, 3.63) is 46.5 Å². The van der Waals surface area contributed by atoms with Crippen molar-refractivity contribution in [3.63, 3.8) is 0 Å². The van der Waals surface area contributed by atoms with Crippen LogP contribution in [0.15, 0.2) is 24.5 Å². The second kappa shape index (κ2) is 6.86. The zero-order valence-electron chi connectivity index (χ0n) is 11.9. The Morgan fingerprint density at radius 2 is 2.25 bits per heavy atom. The number of aliphatic hydroxyl groups is 1. The van der Waals surface area contributed by atoms with E-state index in [1.165, 1.54) is 0 Å². The SMILES string of the molecule is CCn1nc(C)c(Cl)c1CC(O)CCc1cccnc1. The monoisotopic (exact) mass is 293 g/mol. The second-order valence-corrected chi connectivity index (χ2v) is 5.30. The summed E-state index contributed by atoms with van der Waals surface area (Å²) in [5.41, 5.74) is 2.88. The van der Waals surface area contributed by atoms with Gasteiger partial charge in [-0.3, -0.25) is 9.67 Å². The molecule has 0 aliphatic heterocycles. The van der Waals surface area contributed by atoms with E-state index in [2.05, 4.69) is 10.1 Å². The van der Waals surface area contributed by atoms with Gasteiger partial charge in [0.25, 0.3) is 0 Å². The maximum atomic E-state index is 10.2. The summed E-state index contributed by atoms with van der Waals surface area (Å²) in [4.78, 5) is 4.07. The van der Waals surface area contributed by atoms with Gasteiger partial charge in [-0.15, -0.1) is 0 Å². The molecule has 2 rings (SSSR count). The van der Waals surface area contributed by atoms with Crippen LogP contribution in [0, 0.1) is 6.92 Å². The molecule has 0 aliphatic carbocycles. The minimum absolute atomic E-state index is 0.422. The van der Waals surface area contributed by atoms with E-state index >= 15 is 0 Å². The van der Waals surface area contributed by atoms with Gasteiger partial charge in [0, 0.05) is 25.4 Å². The Hall–Kier alpha value is -1.39. The van der Waals surface area contributed by atoms with Crippen molar-refractivity contribution >= 4 is 11.6 Å². The van der Waals surface area contributed by atoms with E-state index in [0.29, 0.717) is 17.9 Å². The molecule has 0 bridgehead atoms. The van der Waals surface area contributed by atoms with Crippen molar-refractivity contribution in [2.75, 3.05) is 0 Å². The molecule has 0 aromatic carbocycles. The molecule has 0 amide bonds. The molecule has 20 heavy (non-hydrogen) atoms. The van der Waals surface area contributed by atoms with Gasteiger partial charge in [-0.25, -0.2) is 0 Å². The van der Waals surface area contributed by atoms with Gasteiger partial charge < -0.3 is 5.11 Å². The predicted molar refractivity (Wildman–Crippen MR) is 79.9 cm³/mol. The highest BCUT2D eigenvalue weighted by Crippen LogP contribution is 2.22. The summed E-state index contributed by atoms with van der Waals surface area (Å²) >= 11 is 6.25. The van der Waals surface area contributed by atoms with Crippen LogP contribution in [0.1, 0.15) is 30.3 Å². The summed E-state index contributed by atoms with van der Waals surface area (Å²) in [6, 6.07) is 3.93. The van der Waals surface area contributed by atoms with Gasteiger partial charge in [0.05, 0.1) is 22.5 Å². The fourth-order valence-corrected chi connectivity index (χ4v) is 2.48. The summed E-state index contributed by atoms with van der Waals surface area (Å²) in [5, 5.41) is 15.2. The fraction of sp³-hybridized carbons (Fsp3) is 0.467. The molecule has 0 radical (unpaired) electrons. The molecule has 0 aliphatic rings. The van der Waals surface area contributed by atoms with Crippen molar-refractivity contribution in [2.24, 2.45) is 0 Å². The van der Waals surface area contributed by atoms with Gasteiger partial charge in [0.1, 0.15) is 0 Å². The number of pyridine rings is 1. The smallest absolute Gasteiger partial charge is 0.0848 e. The molecule has 0 spiro atoms. The molecule has 1 unspecified atom stereocenters. The molecule has 4 nitrogen and oxygen atoms in total. The number of aromatic nitrogens is 3. The van der Waals surface area contributed by atoms with Crippen LogP contribution >= 0.6 is 11.6 Å². The van der Waals surface area contributed by atoms with E-state index in [1.54, 1.807) is 6.20 Å². The summed E-state index contributed by atoms with van der Waals surface area (Å²) in [6.07, 6.45) is 5.20. The third-order valence-corrected chi connectivity index (χ3v) is 3.86. The Bertz CT molecular complexity index is 554. The summed E-state index contributed by atoms with van der Waals surface area (Å²) < 4.78 is 1.87. The van der Waals surface area contributed by atoms with Gasteiger partial charge in [0.2, 0.25) is 0 Å². The molecule has 108 valence electrons. The van der Waals surface area contributed by atoms with Crippen molar-refractivity contribution in [1.29, 1.82) is 0 Å². The van der Waals surface area contributed by atoms with Crippen LogP contribution in [-0.2, 0) is 19.4 Å². The normalized spacial score (nSPS) is 12.6. The molecule has 0 saturated carbocycles. The first-order chi connectivity index (χ1) is 9.61. The van der Waals surface area contributed by atoms with Gasteiger partial charge >= 0.3 is 0 Å². The second-order valence-electron chi connectivity index (χ2n) is 4.92. The highest BCUT2D eigenvalue weighted by molar-refractivity contribution is 6.31. The van der Waals surface area contributed by atoms with Gasteiger partial charge in [-0.05, 0) is 38.3 Å². The zero-order chi connectivity index (χ0) is 14.5. The van der Waals surface area contributed by atoms with E-state index in [1.807, 2.05) is 36.9 Å². The van der Waals surface area contributed by atoms with Crippen molar-refractivity contribution in [1.82, 2.24) is 14.8 Å². The van der Waals surface area contributed by atoms with Crippen LogP contribution < -0.4 is 0 Å². The fourth-order valence-electron chi connectivity index (χ4n) is 2.27. The van der Waals surface area contributed by atoms with Crippen LogP contribution in [0.5, 0.6) is 0 Å². The largest absolute Gasteiger partial charge is 0.393 e. The Kier molecular flexibility index (Phi) is 5.15. The van der Waals surface area contributed by atoms with Gasteiger partial charge in [-0.2, -0.15) is 5.10 Å². The lowest BCUT2D eigenvalue weighted by Gasteiger charge is -2.12. The van der Waals surface area contributed by atoms with Crippen LogP contribution in [0.25, 0.3) is 0 Å². The Balaban J connectivity index is 1.96. The number of aliphatic hydroxyl groups excluding tert-OH is 1. The molecule has 1 N–H and O–H groups in total. The summed E-state index contributed by atoms with van der Waals surface area (Å²) in [5.74, 6) is 0. The first kappa shape index (κ1) is 15.0. The molecule has 2 aromatic heterocycles. The molecule has 5 heteroatoms. The maximum absolute atomic E-state index is 10.2. The van der Waals surface area contributed by atoms with Crippen LogP contribution in [0.3, 0.4) is 0 Å². The van der Waals surface area contributed by atoms with E-state index in [-0.39, 0.29) is 0 Å². The Labute approximate surface area is 124 Å². The van der Waals surface area contributed by atoms with Crippen LogP contribution in [0.2, 0.25) is 5.02 Å². The number of hydrogen-bond acceptors (Lipinski definition) is 3. The lowest BCUT2D eigenvalue weighted by atomic mass is 10.0. The zero-order valence-corrected chi connectivity index (χ0v) is 12.6. The van der Waals surface area contributed by atoms with E-state index in [4.69, 9.17) is 11.6 Å². The standard InChI is InChI=1S/C15H20ClN3O/c1-3-19-14(15(16)11(2)18-19)9-13(20)7-6-12-5-4-8-17-10-12/h4-5,8,10,13,20H,3,6-7,9H2,1-2H3. The minimum Gasteiger partial charge on any atom is -0.393 e. The number of nitrogens with zero attached hydrogens (tertiary/aromatic N) is 3. The topological polar surface area (TPSA) is 50.9 Å². The van der Waals surface area contributed by atoms with Crippen molar-refractivity contribution in [3.8, 4) is 0 Å². The van der Waals surface area contributed by atoms with Crippen molar-refractivity contribution in [2.45, 2.75) is 45.8 Å². The van der Waals surface area contributed by atoms with Crippen LogP contribution in [-0.4, -0.2) is 26.0 Å². The van der Waals surface area contributed by atoms with Gasteiger partial charge in [0.15, 0.2) is 0 Å². The van der Waals surface area contributed by atoms with Crippen LogP contribution in [0.4, 0.5) is 0 Å². The number of rotatable bonds is 6. The Morgan fingerprint density at radius 1 is 1.45 bits per heavy atom. The minimum atomic E-state index is -0.422. The number of hydrogen-bond donors (Lipinski definition) is 1. The van der Waals surface area contributed by atoms with Gasteiger partial charge in [-0.1, -0.05) is 17.7 Å². The lowest BCUT2D eigenvalue weighted by Crippen LogP contribution is -2.15. The predicted octanol–water partition coefficient (Wildman–Crippen LogP) is 2.80. The molecule has 0 saturated heterocycles. The first-order valence-electron chi connectivity index (χ1n) is 6.90. The van der Waals surface area contributed by atoms with Crippen molar-refractivity contribution < 1.29 is 5.11 Å². The molecule has 0 fully saturated rings. The highest BCUT2D eigenvalue weighted by atomic mass is 35.5. The lowest BCUT2D eigenvalue weighted by molar-refractivity contribution is 0.162. The third-order valence-electron chi connectivity index (χ3n) is 3.37. The average molecular weight is 294 g/mol. The first-order valence-corrected chi connectivity index (χ1v) is 7.28. The highest BCUT2D eigenvalue weighted by Gasteiger charge is 2.16. The third kappa shape index (κ3) is 3.58. The quantitative estimate of drug-likeness (QED) is 0.891. The molecule has 1 atom stereocenters.